The van der Waals surface area contributed by atoms with Gasteiger partial charge in [-0.3, -0.25) is 0 Å². The van der Waals surface area contributed by atoms with Crippen molar-refractivity contribution in [2.24, 2.45) is 0 Å². The predicted octanol–water partition coefficient (Wildman–Crippen LogP) is 3.53. The third kappa shape index (κ3) is 2.33. The summed E-state index contributed by atoms with van der Waals surface area (Å²) < 4.78 is 44.2. The lowest BCUT2D eigenvalue weighted by molar-refractivity contribution is 0.425. The number of hydrogen-bond acceptors (Lipinski definition) is 4. The van der Waals surface area contributed by atoms with E-state index in [2.05, 4.69) is 10.1 Å². The van der Waals surface area contributed by atoms with E-state index in [-0.39, 0.29) is 28.6 Å². The van der Waals surface area contributed by atoms with Gasteiger partial charge in [0.2, 0.25) is 5.82 Å². The van der Waals surface area contributed by atoms with E-state index in [1.807, 2.05) is 0 Å². The number of phenolic OH excluding ortho intramolecular Hbond substituents is 1. The molecule has 0 spiro atoms. The van der Waals surface area contributed by atoms with Gasteiger partial charge in [-0.2, -0.15) is 4.98 Å². The number of para-hydroxylation sites is 1. The molecule has 0 atom stereocenters. The van der Waals surface area contributed by atoms with Gasteiger partial charge in [0.05, 0.1) is 5.56 Å². The fourth-order valence-corrected chi connectivity index (χ4v) is 1.79. The van der Waals surface area contributed by atoms with Crippen molar-refractivity contribution in [3.05, 3.63) is 53.8 Å². The Kier molecular flexibility index (Phi) is 3.09. The second-order valence-electron chi connectivity index (χ2n) is 4.19. The molecular formula is C14H7F3N2O2. The number of nitrogens with zero attached hydrogens (tertiary/aromatic N) is 2. The Hall–Kier alpha value is -2.83. The molecule has 4 nitrogen and oxygen atoms in total. The van der Waals surface area contributed by atoms with Gasteiger partial charge in [0, 0.05) is 5.56 Å². The van der Waals surface area contributed by atoms with Crippen LogP contribution in [0, 0.1) is 17.5 Å². The molecule has 1 heterocycles. The van der Waals surface area contributed by atoms with Crippen molar-refractivity contribution in [3.8, 4) is 28.6 Å². The highest BCUT2D eigenvalue weighted by Gasteiger charge is 2.17. The van der Waals surface area contributed by atoms with E-state index in [0.717, 1.165) is 12.1 Å². The third-order valence-corrected chi connectivity index (χ3v) is 2.80. The molecule has 0 saturated carbocycles. The fourth-order valence-electron chi connectivity index (χ4n) is 1.79. The van der Waals surface area contributed by atoms with Crippen molar-refractivity contribution in [3.63, 3.8) is 0 Å². The van der Waals surface area contributed by atoms with Gasteiger partial charge in [0.25, 0.3) is 5.89 Å². The first-order valence-electron chi connectivity index (χ1n) is 5.83. The van der Waals surface area contributed by atoms with Crippen LogP contribution < -0.4 is 0 Å². The Balaban J connectivity index is 2.05. The molecule has 1 aromatic heterocycles. The molecule has 0 aliphatic carbocycles. The van der Waals surface area contributed by atoms with Crippen LogP contribution in [0.5, 0.6) is 5.75 Å². The van der Waals surface area contributed by atoms with E-state index in [0.29, 0.717) is 0 Å². The molecule has 0 saturated heterocycles. The van der Waals surface area contributed by atoms with Crippen molar-refractivity contribution < 1.29 is 22.8 Å². The highest BCUT2D eigenvalue weighted by atomic mass is 19.2. The molecular weight excluding hydrogens is 285 g/mol. The highest BCUT2D eigenvalue weighted by molar-refractivity contribution is 5.64. The Morgan fingerprint density at radius 3 is 2.33 bits per heavy atom. The molecule has 7 heteroatoms. The summed E-state index contributed by atoms with van der Waals surface area (Å²) in [6.45, 7) is 0. The summed E-state index contributed by atoms with van der Waals surface area (Å²) in [7, 11) is 0. The van der Waals surface area contributed by atoms with E-state index in [4.69, 9.17) is 4.52 Å². The summed E-state index contributed by atoms with van der Waals surface area (Å²) in [5, 5.41) is 13.2. The first-order chi connectivity index (χ1) is 10.1. The Morgan fingerprint density at radius 1 is 1.00 bits per heavy atom. The lowest BCUT2D eigenvalue weighted by Gasteiger charge is -1.98. The second-order valence-corrected chi connectivity index (χ2v) is 4.19. The molecule has 0 amide bonds. The third-order valence-electron chi connectivity index (χ3n) is 2.80. The number of hydrogen-bond donors (Lipinski definition) is 1. The van der Waals surface area contributed by atoms with Gasteiger partial charge in [0.15, 0.2) is 17.5 Å². The normalized spacial score (nSPS) is 10.8. The Labute approximate surface area is 116 Å². The van der Waals surface area contributed by atoms with E-state index in [9.17, 15) is 18.3 Å². The summed E-state index contributed by atoms with van der Waals surface area (Å²) in [5.74, 6) is -4.48. The summed E-state index contributed by atoms with van der Waals surface area (Å²) in [6, 6.07) is 7.75. The van der Waals surface area contributed by atoms with Gasteiger partial charge in [-0.1, -0.05) is 17.3 Å². The quantitative estimate of drug-likeness (QED) is 0.734. The van der Waals surface area contributed by atoms with Crippen molar-refractivity contribution in [1.29, 1.82) is 0 Å². The maximum Gasteiger partial charge on any atom is 0.261 e. The molecule has 0 bridgehead atoms. The molecule has 1 N–H and O–H groups in total. The van der Waals surface area contributed by atoms with Gasteiger partial charge in [-0.15, -0.1) is 0 Å². The van der Waals surface area contributed by atoms with Crippen LogP contribution in [0.25, 0.3) is 22.8 Å². The summed E-state index contributed by atoms with van der Waals surface area (Å²) in [6.07, 6.45) is 0. The lowest BCUT2D eigenvalue weighted by atomic mass is 10.2. The lowest BCUT2D eigenvalue weighted by Crippen LogP contribution is -1.92. The van der Waals surface area contributed by atoms with Gasteiger partial charge in [-0.05, 0) is 24.3 Å². The molecule has 0 fully saturated rings. The van der Waals surface area contributed by atoms with Gasteiger partial charge < -0.3 is 9.63 Å². The number of rotatable bonds is 2. The van der Waals surface area contributed by atoms with Gasteiger partial charge in [-0.25, -0.2) is 13.2 Å². The zero-order valence-corrected chi connectivity index (χ0v) is 10.3. The molecule has 0 aliphatic rings. The van der Waals surface area contributed by atoms with Gasteiger partial charge in [0.1, 0.15) is 5.75 Å². The van der Waals surface area contributed by atoms with Crippen LogP contribution in [0.3, 0.4) is 0 Å². The molecule has 0 aliphatic heterocycles. The monoisotopic (exact) mass is 292 g/mol. The zero-order valence-electron chi connectivity index (χ0n) is 10.3. The fraction of sp³-hybridized carbons (Fsp3) is 0. The topological polar surface area (TPSA) is 59.2 Å². The Bertz CT molecular complexity index is 794. The molecule has 3 aromatic rings. The summed E-state index contributed by atoms with van der Waals surface area (Å²) in [4.78, 5) is 3.93. The largest absolute Gasteiger partial charge is 0.507 e. The average Bonchev–Trinajstić information content (AvgIpc) is 2.94. The number of aromatic nitrogens is 2. The van der Waals surface area contributed by atoms with Gasteiger partial charge >= 0.3 is 0 Å². The minimum atomic E-state index is -1.57. The number of aromatic hydroxyl groups is 1. The summed E-state index contributed by atoms with van der Waals surface area (Å²) >= 11 is 0. The molecule has 0 unspecified atom stereocenters. The van der Waals surface area contributed by atoms with E-state index in [1.54, 1.807) is 18.2 Å². The van der Waals surface area contributed by atoms with Crippen LogP contribution in [0.2, 0.25) is 0 Å². The highest BCUT2D eigenvalue weighted by Crippen LogP contribution is 2.29. The van der Waals surface area contributed by atoms with Crippen LogP contribution in [0.15, 0.2) is 40.9 Å². The number of benzene rings is 2. The zero-order chi connectivity index (χ0) is 15.0. The molecule has 3 rings (SSSR count). The van der Waals surface area contributed by atoms with Crippen LogP contribution in [-0.4, -0.2) is 15.2 Å². The second kappa shape index (κ2) is 4.93. The minimum Gasteiger partial charge on any atom is -0.507 e. The molecule has 106 valence electrons. The molecule has 21 heavy (non-hydrogen) atoms. The average molecular weight is 292 g/mol. The van der Waals surface area contributed by atoms with Crippen LogP contribution in [0.1, 0.15) is 0 Å². The number of phenols is 1. The van der Waals surface area contributed by atoms with Crippen molar-refractivity contribution in [2.75, 3.05) is 0 Å². The van der Waals surface area contributed by atoms with E-state index < -0.39 is 17.5 Å². The maximum atomic E-state index is 13.2. The molecule has 0 radical (unpaired) electrons. The van der Waals surface area contributed by atoms with E-state index >= 15 is 0 Å². The minimum absolute atomic E-state index is 0.0201. The first-order valence-corrected chi connectivity index (χ1v) is 5.83. The standard InChI is InChI=1S/C14H7F3N2O2/c15-9-5-7(6-10(16)12(9)17)13-18-14(21-19-13)8-3-1-2-4-11(8)20/h1-6,20H. The maximum absolute atomic E-state index is 13.2. The van der Waals surface area contributed by atoms with Crippen LogP contribution >= 0.6 is 0 Å². The number of halogens is 3. The van der Waals surface area contributed by atoms with Crippen molar-refractivity contribution >= 4 is 0 Å². The van der Waals surface area contributed by atoms with Crippen molar-refractivity contribution in [2.45, 2.75) is 0 Å². The summed E-state index contributed by atoms with van der Waals surface area (Å²) in [5.41, 5.74) is 0.205. The van der Waals surface area contributed by atoms with Crippen molar-refractivity contribution in [1.82, 2.24) is 10.1 Å². The Morgan fingerprint density at radius 2 is 1.67 bits per heavy atom. The smallest absolute Gasteiger partial charge is 0.261 e. The van der Waals surface area contributed by atoms with Crippen LogP contribution in [0.4, 0.5) is 13.2 Å². The molecule has 2 aromatic carbocycles. The first kappa shape index (κ1) is 13.2. The predicted molar refractivity (Wildman–Crippen MR) is 66.7 cm³/mol. The van der Waals surface area contributed by atoms with E-state index in [1.165, 1.54) is 6.07 Å². The SMILES string of the molecule is Oc1ccccc1-c1nc(-c2cc(F)c(F)c(F)c2)no1. The van der Waals surface area contributed by atoms with Crippen LogP contribution in [-0.2, 0) is 0 Å².